The molecule has 1 rings (SSSR count). The Morgan fingerprint density at radius 3 is 2.56 bits per heavy atom. The van der Waals surface area contributed by atoms with Gasteiger partial charge < -0.3 is 5.73 Å². The molecule has 0 aliphatic carbocycles. The van der Waals surface area contributed by atoms with Crippen molar-refractivity contribution in [1.82, 2.24) is 0 Å². The van der Waals surface area contributed by atoms with E-state index in [1.54, 1.807) is 6.92 Å². The quantitative estimate of drug-likeness (QED) is 0.814. The normalized spacial score (nSPS) is 13.3. The molecule has 100 valence electrons. The average Bonchev–Trinajstić information content (AvgIpc) is 2.24. The molecule has 0 heterocycles. The number of hydrogen-bond acceptors (Lipinski definition) is 4. The minimum absolute atomic E-state index is 0.0640. The molecule has 6 heteroatoms. The molecule has 0 bridgehead atoms. The zero-order chi connectivity index (χ0) is 13.9. The molecule has 0 radical (unpaired) electrons. The van der Waals surface area contributed by atoms with E-state index in [-0.39, 0.29) is 18.0 Å². The summed E-state index contributed by atoms with van der Waals surface area (Å²) in [5.41, 5.74) is 6.48. The van der Waals surface area contributed by atoms with Crippen LogP contribution in [0.25, 0.3) is 0 Å². The van der Waals surface area contributed by atoms with Crippen LogP contribution in [0, 0.1) is 12.7 Å². The first kappa shape index (κ1) is 14.8. The summed E-state index contributed by atoms with van der Waals surface area (Å²) >= 11 is 0. The lowest BCUT2D eigenvalue weighted by Gasteiger charge is -2.11. The fourth-order valence-corrected chi connectivity index (χ4v) is 2.26. The van der Waals surface area contributed by atoms with Crippen LogP contribution >= 0.6 is 0 Å². The van der Waals surface area contributed by atoms with Crippen LogP contribution in [0.5, 0.6) is 0 Å². The number of Topliss-reactive ketones (excluding diaryl/α,β-unsaturated/α-hetero) is 1. The van der Waals surface area contributed by atoms with Crippen molar-refractivity contribution < 1.29 is 17.6 Å². The zero-order valence-corrected chi connectivity index (χ0v) is 11.1. The summed E-state index contributed by atoms with van der Waals surface area (Å²) in [5, 5.41) is 0. The smallest absolute Gasteiger partial charge is 0.179 e. The van der Waals surface area contributed by atoms with Crippen LogP contribution < -0.4 is 5.73 Å². The summed E-state index contributed by atoms with van der Waals surface area (Å²) in [6.45, 7) is 1.61. The minimum Gasteiger partial charge on any atom is -0.321 e. The number of aryl methyl sites for hydroxylation is 1. The first-order valence-electron chi connectivity index (χ1n) is 5.44. The maximum Gasteiger partial charge on any atom is 0.179 e. The van der Waals surface area contributed by atoms with Gasteiger partial charge in [0.05, 0.1) is 11.8 Å². The molecule has 0 spiro atoms. The standard InChI is InChI=1S/C12H16FNO3S/c1-8-7-9(13)3-4-10(8)12(15)11(14)5-6-18(2,16)17/h3-4,7,11H,5-6,14H2,1-2H3. The summed E-state index contributed by atoms with van der Waals surface area (Å²) in [6.07, 6.45) is 1.15. The van der Waals surface area contributed by atoms with Gasteiger partial charge in [-0.1, -0.05) is 0 Å². The SMILES string of the molecule is Cc1cc(F)ccc1C(=O)C(N)CCS(C)(=O)=O. The van der Waals surface area contributed by atoms with Crippen molar-refractivity contribution in [3.63, 3.8) is 0 Å². The predicted molar refractivity (Wildman–Crippen MR) is 67.8 cm³/mol. The van der Waals surface area contributed by atoms with E-state index in [1.807, 2.05) is 0 Å². The van der Waals surface area contributed by atoms with Gasteiger partial charge in [-0.2, -0.15) is 0 Å². The molecule has 1 aromatic rings. The Morgan fingerprint density at radius 2 is 2.06 bits per heavy atom. The number of carbonyl (C=O) groups is 1. The van der Waals surface area contributed by atoms with Crippen LogP contribution in [-0.2, 0) is 9.84 Å². The van der Waals surface area contributed by atoms with Gasteiger partial charge in [0, 0.05) is 11.8 Å². The lowest BCUT2D eigenvalue weighted by molar-refractivity contribution is 0.0959. The van der Waals surface area contributed by atoms with Crippen LogP contribution in [-0.4, -0.2) is 32.3 Å². The first-order chi connectivity index (χ1) is 8.20. The third-order valence-electron chi connectivity index (χ3n) is 2.59. The second-order valence-corrected chi connectivity index (χ2v) is 6.61. The van der Waals surface area contributed by atoms with E-state index in [0.29, 0.717) is 11.1 Å². The Hall–Kier alpha value is -1.27. The predicted octanol–water partition coefficient (Wildman–Crippen LogP) is 1.08. The highest BCUT2D eigenvalue weighted by Crippen LogP contribution is 2.13. The largest absolute Gasteiger partial charge is 0.321 e. The number of sulfone groups is 1. The first-order valence-corrected chi connectivity index (χ1v) is 7.50. The van der Waals surface area contributed by atoms with Crippen LogP contribution in [0.1, 0.15) is 22.3 Å². The van der Waals surface area contributed by atoms with Crippen LogP contribution in [0.2, 0.25) is 0 Å². The number of halogens is 1. The molecule has 4 nitrogen and oxygen atoms in total. The number of ketones is 1. The van der Waals surface area contributed by atoms with E-state index in [0.717, 1.165) is 6.26 Å². The molecule has 0 amide bonds. The highest BCUT2D eigenvalue weighted by molar-refractivity contribution is 7.90. The van der Waals surface area contributed by atoms with Gasteiger partial charge in [0.25, 0.3) is 0 Å². The van der Waals surface area contributed by atoms with Crippen LogP contribution in [0.4, 0.5) is 4.39 Å². The molecule has 0 aliphatic rings. The van der Waals surface area contributed by atoms with E-state index in [1.165, 1.54) is 18.2 Å². The lowest BCUT2D eigenvalue weighted by atomic mass is 9.99. The molecule has 0 aliphatic heterocycles. The van der Waals surface area contributed by atoms with E-state index in [4.69, 9.17) is 5.73 Å². The maximum atomic E-state index is 12.9. The van der Waals surface area contributed by atoms with E-state index < -0.39 is 21.7 Å². The lowest BCUT2D eigenvalue weighted by Crippen LogP contribution is -2.33. The molecule has 1 aromatic carbocycles. The fourth-order valence-electron chi connectivity index (χ4n) is 1.58. The molecule has 0 saturated carbocycles. The Morgan fingerprint density at radius 1 is 1.44 bits per heavy atom. The van der Waals surface area contributed by atoms with Gasteiger partial charge in [-0.3, -0.25) is 4.79 Å². The van der Waals surface area contributed by atoms with E-state index in [9.17, 15) is 17.6 Å². The third kappa shape index (κ3) is 4.19. The Bertz CT molecular complexity index is 554. The van der Waals surface area contributed by atoms with Gasteiger partial charge >= 0.3 is 0 Å². The monoisotopic (exact) mass is 273 g/mol. The molecular weight excluding hydrogens is 257 g/mol. The van der Waals surface area contributed by atoms with Crippen molar-refractivity contribution in [2.24, 2.45) is 5.73 Å². The summed E-state index contributed by atoms with van der Waals surface area (Å²) in [5.74, 6) is -0.926. The van der Waals surface area contributed by atoms with Crippen molar-refractivity contribution in [3.05, 3.63) is 35.1 Å². The highest BCUT2D eigenvalue weighted by Gasteiger charge is 2.19. The molecule has 1 atom stereocenters. The Labute approximate surface area is 106 Å². The fraction of sp³-hybridized carbons (Fsp3) is 0.417. The molecule has 0 fully saturated rings. The number of benzene rings is 1. The summed E-state index contributed by atoms with van der Waals surface area (Å²) in [7, 11) is -3.14. The van der Waals surface area contributed by atoms with E-state index >= 15 is 0 Å². The third-order valence-corrected chi connectivity index (χ3v) is 3.57. The van der Waals surface area contributed by atoms with Crippen molar-refractivity contribution in [1.29, 1.82) is 0 Å². The zero-order valence-electron chi connectivity index (χ0n) is 10.3. The van der Waals surface area contributed by atoms with Gasteiger partial charge in [-0.25, -0.2) is 12.8 Å². The molecule has 0 saturated heterocycles. The second-order valence-electron chi connectivity index (χ2n) is 4.35. The summed E-state index contributed by atoms with van der Waals surface area (Å²) in [6, 6.07) is 2.91. The molecule has 18 heavy (non-hydrogen) atoms. The van der Waals surface area contributed by atoms with Crippen LogP contribution in [0.3, 0.4) is 0 Å². The van der Waals surface area contributed by atoms with Crippen LogP contribution in [0.15, 0.2) is 18.2 Å². The number of rotatable bonds is 5. The second kappa shape index (κ2) is 5.58. The number of carbonyl (C=O) groups excluding carboxylic acids is 1. The van der Waals surface area contributed by atoms with Gasteiger partial charge in [0.1, 0.15) is 15.7 Å². The molecule has 0 aromatic heterocycles. The van der Waals surface area contributed by atoms with Gasteiger partial charge in [0.2, 0.25) is 0 Å². The topological polar surface area (TPSA) is 77.2 Å². The number of hydrogen-bond donors (Lipinski definition) is 1. The Balaban J connectivity index is 2.80. The van der Waals surface area contributed by atoms with Crippen molar-refractivity contribution >= 4 is 15.6 Å². The molecule has 2 N–H and O–H groups in total. The molecular formula is C12H16FNO3S. The maximum absolute atomic E-state index is 12.9. The van der Waals surface area contributed by atoms with Crippen molar-refractivity contribution in [3.8, 4) is 0 Å². The Kier molecular flexibility index (Phi) is 4.59. The summed E-state index contributed by atoms with van der Waals surface area (Å²) in [4.78, 5) is 12.0. The van der Waals surface area contributed by atoms with E-state index in [2.05, 4.69) is 0 Å². The summed E-state index contributed by atoms with van der Waals surface area (Å²) < 4.78 is 34.9. The average molecular weight is 273 g/mol. The molecule has 1 unspecified atom stereocenters. The number of nitrogens with two attached hydrogens (primary N) is 1. The van der Waals surface area contributed by atoms with Gasteiger partial charge in [-0.15, -0.1) is 0 Å². The van der Waals surface area contributed by atoms with Gasteiger partial charge in [-0.05, 0) is 37.1 Å². The van der Waals surface area contributed by atoms with Crippen molar-refractivity contribution in [2.75, 3.05) is 12.0 Å². The van der Waals surface area contributed by atoms with Gasteiger partial charge in [0.15, 0.2) is 5.78 Å². The van der Waals surface area contributed by atoms with Crippen molar-refractivity contribution in [2.45, 2.75) is 19.4 Å². The minimum atomic E-state index is -3.14. The highest BCUT2D eigenvalue weighted by atomic mass is 32.2.